The number of nitro groups is 1. The molecule has 13 nitrogen and oxygen atoms in total. The molecule has 0 radical (unpaired) electrons. The zero-order valence-electron chi connectivity index (χ0n) is 35.4. The second kappa shape index (κ2) is 21.8. The summed E-state index contributed by atoms with van der Waals surface area (Å²) in [6.45, 7) is 19.1. The van der Waals surface area contributed by atoms with Crippen LogP contribution in [0, 0.1) is 33.8 Å². The summed E-state index contributed by atoms with van der Waals surface area (Å²) in [4.78, 5) is 59.2. The molecule has 1 N–H and O–H groups in total. The Morgan fingerprint density at radius 3 is 2.32 bits per heavy atom. The lowest BCUT2D eigenvalue weighted by atomic mass is 9.86. The number of rotatable bonds is 18. The Labute approximate surface area is 339 Å². The monoisotopic (exact) mass is 815 g/mol. The van der Waals surface area contributed by atoms with Gasteiger partial charge in [-0.1, -0.05) is 72.8 Å². The molecule has 0 saturated carbocycles. The Kier molecular flexibility index (Phi) is 18.2. The van der Waals surface area contributed by atoms with Gasteiger partial charge in [-0.05, 0) is 93.3 Å². The van der Waals surface area contributed by atoms with Crippen LogP contribution < -0.4 is 4.89 Å². The van der Waals surface area contributed by atoms with E-state index in [0.717, 1.165) is 30.1 Å². The van der Waals surface area contributed by atoms with Crippen molar-refractivity contribution >= 4 is 31.9 Å². The summed E-state index contributed by atoms with van der Waals surface area (Å²) in [7, 11) is -2.11. The third-order valence-corrected chi connectivity index (χ3v) is 16.3. The van der Waals surface area contributed by atoms with Crippen molar-refractivity contribution in [2.75, 3.05) is 0 Å². The molecular weight excluding hydrogens is 751 g/mol. The van der Waals surface area contributed by atoms with Crippen molar-refractivity contribution in [2.45, 2.75) is 156 Å². The number of non-ortho nitro benzene ring substituents is 1. The standard InChI is InChI=1S/C43H65NO12Si/c1-11-36(42(47)55-54-34-21-19-33(20-22-34)44(49)50)31(8)41-37(52-41)26-28(5)16-15-17-29(6)40-30(7)18-23-38(51-32(9)45)43(10,48)25-24-35(27-39(46)53-40)56-57(12-2,13-3)14-4/h15-23,28,30-31,35-38,40-41,48H,11-14,24-27H2,1-10H3/b16-15+,23-18+,29-17+. The predicted molar refractivity (Wildman–Crippen MR) is 218 cm³/mol. The molecule has 2 aliphatic heterocycles. The van der Waals surface area contributed by atoms with E-state index in [1.165, 1.54) is 31.2 Å². The number of hydrogen-bond donors (Lipinski definition) is 1. The van der Waals surface area contributed by atoms with Crippen molar-refractivity contribution in [1.82, 2.24) is 0 Å². The maximum absolute atomic E-state index is 13.6. The normalized spacial score (nSPS) is 28.2. The van der Waals surface area contributed by atoms with E-state index < -0.39 is 55.0 Å². The largest absolute Gasteiger partial charge is 0.457 e. The van der Waals surface area contributed by atoms with Gasteiger partial charge in [0.1, 0.15) is 17.8 Å². The van der Waals surface area contributed by atoms with Gasteiger partial charge in [0.15, 0.2) is 14.1 Å². The Morgan fingerprint density at radius 2 is 1.74 bits per heavy atom. The lowest BCUT2D eigenvalue weighted by molar-refractivity contribution is -0.384. The van der Waals surface area contributed by atoms with Crippen LogP contribution in [0.25, 0.3) is 0 Å². The average molecular weight is 816 g/mol. The third kappa shape index (κ3) is 14.2. The topological polar surface area (TPSA) is 173 Å². The molecule has 1 aromatic carbocycles. The molecule has 318 valence electrons. The van der Waals surface area contributed by atoms with Crippen LogP contribution in [-0.4, -0.2) is 72.4 Å². The zero-order chi connectivity index (χ0) is 42.5. The molecule has 1 aromatic rings. The number of aliphatic hydroxyl groups is 1. The van der Waals surface area contributed by atoms with Crippen LogP contribution in [0.4, 0.5) is 5.69 Å². The van der Waals surface area contributed by atoms with Crippen molar-refractivity contribution < 1.29 is 52.8 Å². The summed E-state index contributed by atoms with van der Waals surface area (Å²) in [5, 5.41) is 22.4. The number of nitrogens with zero attached hydrogens (tertiary/aromatic N) is 1. The molecule has 0 aliphatic carbocycles. The smallest absolute Gasteiger partial charge is 0.358 e. The molecular formula is C43H65NO12Si. The first-order valence-electron chi connectivity index (χ1n) is 20.5. The lowest BCUT2D eigenvalue weighted by Crippen LogP contribution is -2.45. The van der Waals surface area contributed by atoms with E-state index >= 15 is 0 Å². The van der Waals surface area contributed by atoms with Crippen LogP contribution in [-0.2, 0) is 37.9 Å². The maximum Gasteiger partial charge on any atom is 0.358 e. The summed E-state index contributed by atoms with van der Waals surface area (Å²) in [6, 6.07) is 8.01. The van der Waals surface area contributed by atoms with E-state index in [2.05, 4.69) is 33.8 Å². The first-order chi connectivity index (χ1) is 26.9. The Hall–Kier alpha value is -3.85. The van der Waals surface area contributed by atoms with Crippen molar-refractivity contribution in [3.05, 3.63) is 70.3 Å². The molecule has 57 heavy (non-hydrogen) atoms. The quantitative estimate of drug-likeness (QED) is 0.0219. The van der Waals surface area contributed by atoms with E-state index in [0.29, 0.717) is 12.8 Å². The van der Waals surface area contributed by atoms with E-state index in [1.54, 1.807) is 13.0 Å². The Balaban J connectivity index is 1.68. The molecule has 0 amide bonds. The minimum atomic E-state index is -2.11. The molecule has 10 atom stereocenters. The number of carbonyl (C=O) groups is 3. The van der Waals surface area contributed by atoms with Gasteiger partial charge in [0.25, 0.3) is 5.69 Å². The summed E-state index contributed by atoms with van der Waals surface area (Å²) in [6.07, 6.45) is 9.35. The number of benzene rings is 1. The fraction of sp³-hybridized carbons (Fsp3) is 0.651. The number of epoxide rings is 1. The van der Waals surface area contributed by atoms with Gasteiger partial charge in [0.05, 0.1) is 35.6 Å². The van der Waals surface area contributed by atoms with Crippen LogP contribution in [0.2, 0.25) is 18.1 Å². The SMILES string of the molecule is CCC(C(=O)OOc1ccc([N+](=O)[O-])cc1)C(C)C1OC1CC(C)/C=C/C=C(\C)C1OC(=O)CC(O[Si](CC)(CC)CC)CCC(C)(O)C(OC(C)=O)/C=C/C1C. The van der Waals surface area contributed by atoms with Gasteiger partial charge >= 0.3 is 17.9 Å². The van der Waals surface area contributed by atoms with Gasteiger partial charge in [0, 0.05) is 25.0 Å². The van der Waals surface area contributed by atoms with Gasteiger partial charge in [-0.3, -0.25) is 29.5 Å². The van der Waals surface area contributed by atoms with Gasteiger partial charge in [-0.15, -0.1) is 0 Å². The van der Waals surface area contributed by atoms with Gasteiger partial charge in [0.2, 0.25) is 0 Å². The first-order valence-corrected chi connectivity index (χ1v) is 23.0. The van der Waals surface area contributed by atoms with E-state index in [1.807, 2.05) is 45.9 Å². The predicted octanol–water partition coefficient (Wildman–Crippen LogP) is 8.75. The second-order valence-electron chi connectivity index (χ2n) is 16.0. The molecule has 2 aliphatic rings. The number of hydrogen-bond acceptors (Lipinski definition) is 12. The summed E-state index contributed by atoms with van der Waals surface area (Å²) in [5.74, 6) is -1.98. The highest BCUT2D eigenvalue weighted by Gasteiger charge is 2.47. The van der Waals surface area contributed by atoms with E-state index in [-0.39, 0.29) is 60.2 Å². The van der Waals surface area contributed by atoms with Crippen LogP contribution in [0.3, 0.4) is 0 Å². The molecule has 10 unspecified atom stereocenters. The van der Waals surface area contributed by atoms with Crippen molar-refractivity contribution in [1.29, 1.82) is 0 Å². The highest BCUT2D eigenvalue weighted by atomic mass is 28.4. The number of allylic oxidation sites excluding steroid dienone is 3. The molecule has 2 heterocycles. The molecule has 14 heteroatoms. The van der Waals surface area contributed by atoms with E-state index in [9.17, 15) is 29.6 Å². The van der Waals surface area contributed by atoms with Crippen LogP contribution in [0.15, 0.2) is 60.2 Å². The number of ether oxygens (including phenoxy) is 3. The molecule has 3 rings (SSSR count). The van der Waals surface area contributed by atoms with E-state index in [4.69, 9.17) is 28.4 Å². The third-order valence-electron chi connectivity index (χ3n) is 11.6. The van der Waals surface area contributed by atoms with Crippen LogP contribution in [0.1, 0.15) is 101 Å². The Bertz CT molecular complexity index is 1580. The number of nitro benzene ring substituents is 1. The minimum Gasteiger partial charge on any atom is -0.457 e. The average Bonchev–Trinajstić information content (AvgIpc) is 3.94. The zero-order valence-corrected chi connectivity index (χ0v) is 36.4. The fourth-order valence-corrected chi connectivity index (χ4v) is 10.5. The summed E-state index contributed by atoms with van der Waals surface area (Å²) in [5.41, 5.74) is -0.654. The van der Waals surface area contributed by atoms with Gasteiger partial charge in [-0.25, -0.2) is 4.79 Å². The number of esters is 2. The van der Waals surface area contributed by atoms with Gasteiger partial charge in [-0.2, -0.15) is 0 Å². The maximum atomic E-state index is 13.6. The molecule has 0 spiro atoms. The number of cyclic esters (lactones) is 1. The van der Waals surface area contributed by atoms with Crippen molar-refractivity contribution in [3.63, 3.8) is 0 Å². The highest BCUT2D eigenvalue weighted by Crippen LogP contribution is 2.39. The fourth-order valence-electron chi connectivity index (χ4n) is 7.57. The van der Waals surface area contributed by atoms with Crippen LogP contribution in [0.5, 0.6) is 5.75 Å². The summed E-state index contributed by atoms with van der Waals surface area (Å²) < 4.78 is 24.6. The Morgan fingerprint density at radius 1 is 1.09 bits per heavy atom. The van der Waals surface area contributed by atoms with Crippen molar-refractivity contribution in [3.8, 4) is 5.75 Å². The highest BCUT2D eigenvalue weighted by molar-refractivity contribution is 6.73. The molecule has 0 aromatic heterocycles. The van der Waals surface area contributed by atoms with Gasteiger partial charge < -0.3 is 23.7 Å². The molecule has 1 saturated heterocycles. The number of carbonyl (C=O) groups excluding carboxylic acids is 3. The second-order valence-corrected chi connectivity index (χ2v) is 20.7. The molecule has 1 fully saturated rings. The first kappa shape index (κ1) is 47.5. The lowest BCUT2D eigenvalue weighted by Gasteiger charge is -2.36. The molecule has 0 bridgehead atoms. The van der Waals surface area contributed by atoms with Crippen LogP contribution >= 0.6 is 0 Å². The summed E-state index contributed by atoms with van der Waals surface area (Å²) >= 11 is 0. The minimum absolute atomic E-state index is 0.0351. The van der Waals surface area contributed by atoms with Crippen molar-refractivity contribution in [2.24, 2.45) is 23.7 Å².